The molecule has 1 rings (SSSR count). The van der Waals surface area contributed by atoms with Gasteiger partial charge in [-0.25, -0.2) is 4.79 Å². The number of aryl methyl sites for hydroxylation is 1. The Morgan fingerprint density at radius 3 is 2.45 bits per heavy atom. The Kier molecular flexibility index (Phi) is 6.14. The molecule has 0 aromatic heterocycles. The quantitative estimate of drug-likeness (QED) is 0.727. The third-order valence-corrected chi connectivity index (χ3v) is 2.94. The number of carboxylic acids is 1. The molecule has 0 aliphatic heterocycles. The maximum atomic E-state index is 12.1. The summed E-state index contributed by atoms with van der Waals surface area (Å²) in [6.45, 7) is 3.09. The lowest BCUT2D eigenvalue weighted by Gasteiger charge is -2.24. The van der Waals surface area contributed by atoms with Gasteiger partial charge in [0.05, 0.1) is 12.2 Å². The summed E-state index contributed by atoms with van der Waals surface area (Å²) in [7, 11) is 0. The lowest BCUT2D eigenvalue weighted by Crippen LogP contribution is -2.44. The van der Waals surface area contributed by atoms with Crippen molar-refractivity contribution < 1.29 is 24.6 Å². The normalized spacial score (nSPS) is 12.2. The standard InChI is InChI=1S/C14H19NO5/c1-3-10-7-5-6-8-11(10)14(19)20-15(4-2)12(9-16)13(17)18/h5-8,12,16H,3-4,9H2,1-2H3,(H,17,18)/t12-/m0/s1. The smallest absolute Gasteiger partial charge is 0.357 e. The Morgan fingerprint density at radius 1 is 1.30 bits per heavy atom. The van der Waals surface area contributed by atoms with E-state index in [1.807, 2.05) is 19.1 Å². The number of likely N-dealkylation sites (N-methyl/N-ethyl adjacent to an activating group) is 1. The number of benzene rings is 1. The Morgan fingerprint density at radius 2 is 1.95 bits per heavy atom. The molecular formula is C14H19NO5. The van der Waals surface area contributed by atoms with E-state index in [9.17, 15) is 9.59 Å². The van der Waals surface area contributed by atoms with Gasteiger partial charge in [0.25, 0.3) is 0 Å². The SMILES string of the molecule is CCc1ccccc1C(=O)ON(CC)[C@@H](CO)C(=O)O. The first-order valence-corrected chi connectivity index (χ1v) is 6.45. The molecule has 0 bridgehead atoms. The van der Waals surface area contributed by atoms with Gasteiger partial charge in [0.2, 0.25) is 0 Å². The van der Waals surface area contributed by atoms with Crippen LogP contribution in [-0.2, 0) is 16.1 Å². The molecule has 0 unspecified atom stereocenters. The van der Waals surface area contributed by atoms with Crippen molar-refractivity contribution in [2.75, 3.05) is 13.2 Å². The van der Waals surface area contributed by atoms with Crippen LogP contribution in [0.15, 0.2) is 24.3 Å². The van der Waals surface area contributed by atoms with E-state index in [-0.39, 0.29) is 6.54 Å². The monoisotopic (exact) mass is 281 g/mol. The van der Waals surface area contributed by atoms with Crippen molar-refractivity contribution in [3.63, 3.8) is 0 Å². The second-order valence-corrected chi connectivity index (χ2v) is 4.16. The highest BCUT2D eigenvalue weighted by atomic mass is 16.7. The zero-order valence-electron chi connectivity index (χ0n) is 11.6. The first-order chi connectivity index (χ1) is 9.54. The van der Waals surface area contributed by atoms with Gasteiger partial charge in [0.15, 0.2) is 6.04 Å². The Hall–Kier alpha value is -1.92. The molecule has 0 radical (unpaired) electrons. The minimum atomic E-state index is -1.27. The number of carbonyl (C=O) groups is 2. The summed E-state index contributed by atoms with van der Waals surface area (Å²) in [5, 5.41) is 19.0. The van der Waals surface area contributed by atoms with Gasteiger partial charge in [-0.2, -0.15) is 0 Å². The van der Waals surface area contributed by atoms with Crippen LogP contribution in [0.3, 0.4) is 0 Å². The summed E-state index contributed by atoms with van der Waals surface area (Å²) >= 11 is 0. The van der Waals surface area contributed by atoms with Crippen LogP contribution in [0.4, 0.5) is 0 Å². The molecule has 2 N–H and O–H groups in total. The van der Waals surface area contributed by atoms with Crippen molar-refractivity contribution in [1.82, 2.24) is 5.06 Å². The second kappa shape index (κ2) is 7.62. The van der Waals surface area contributed by atoms with Gasteiger partial charge < -0.3 is 15.1 Å². The fourth-order valence-corrected chi connectivity index (χ4v) is 1.82. The summed E-state index contributed by atoms with van der Waals surface area (Å²) in [5.41, 5.74) is 1.22. The van der Waals surface area contributed by atoms with Gasteiger partial charge in [-0.1, -0.05) is 25.1 Å². The third-order valence-electron chi connectivity index (χ3n) is 2.94. The lowest BCUT2D eigenvalue weighted by atomic mass is 10.1. The number of nitrogens with zero attached hydrogens (tertiary/aromatic N) is 1. The van der Waals surface area contributed by atoms with E-state index in [1.165, 1.54) is 0 Å². The minimum Gasteiger partial charge on any atom is -0.480 e. The topological polar surface area (TPSA) is 87.1 Å². The van der Waals surface area contributed by atoms with Gasteiger partial charge >= 0.3 is 11.9 Å². The van der Waals surface area contributed by atoms with Gasteiger partial charge in [-0.15, -0.1) is 5.06 Å². The molecule has 6 heteroatoms. The average Bonchev–Trinajstić information content (AvgIpc) is 2.46. The summed E-state index contributed by atoms with van der Waals surface area (Å²) in [6.07, 6.45) is 0.666. The van der Waals surface area contributed by atoms with Crippen molar-refractivity contribution in [2.45, 2.75) is 26.3 Å². The molecule has 20 heavy (non-hydrogen) atoms. The first kappa shape index (κ1) is 16.1. The molecule has 0 aliphatic carbocycles. The number of aliphatic carboxylic acids is 1. The number of hydrogen-bond acceptors (Lipinski definition) is 5. The lowest BCUT2D eigenvalue weighted by molar-refractivity contribution is -0.175. The summed E-state index contributed by atoms with van der Waals surface area (Å²) in [4.78, 5) is 28.2. The number of aliphatic hydroxyl groups is 1. The van der Waals surface area contributed by atoms with Crippen molar-refractivity contribution in [1.29, 1.82) is 0 Å². The number of hydrogen-bond donors (Lipinski definition) is 2. The molecule has 1 aromatic rings. The maximum Gasteiger partial charge on any atom is 0.357 e. The number of carboxylic acid groups (broad SMARTS) is 1. The predicted octanol–water partition coefficient (Wildman–Crippen LogP) is 1.09. The highest BCUT2D eigenvalue weighted by molar-refractivity contribution is 5.91. The molecule has 0 aliphatic rings. The van der Waals surface area contributed by atoms with Crippen LogP contribution >= 0.6 is 0 Å². The average molecular weight is 281 g/mol. The van der Waals surface area contributed by atoms with Crippen LogP contribution in [0, 0.1) is 0 Å². The van der Waals surface area contributed by atoms with Crippen molar-refractivity contribution in [2.24, 2.45) is 0 Å². The van der Waals surface area contributed by atoms with Gasteiger partial charge in [-0.05, 0) is 25.0 Å². The predicted molar refractivity (Wildman–Crippen MR) is 72.1 cm³/mol. The third kappa shape index (κ3) is 3.79. The van der Waals surface area contributed by atoms with Gasteiger partial charge in [0, 0.05) is 6.54 Å². The van der Waals surface area contributed by atoms with E-state index in [1.54, 1.807) is 19.1 Å². The van der Waals surface area contributed by atoms with E-state index in [2.05, 4.69) is 0 Å². The Balaban J connectivity index is 2.89. The summed E-state index contributed by atoms with van der Waals surface area (Å²) in [6, 6.07) is 5.71. The molecule has 6 nitrogen and oxygen atoms in total. The molecule has 1 atom stereocenters. The number of aliphatic hydroxyl groups excluding tert-OH is 1. The summed E-state index contributed by atoms with van der Waals surface area (Å²) in [5.74, 6) is -1.87. The van der Waals surface area contributed by atoms with E-state index in [4.69, 9.17) is 15.1 Å². The first-order valence-electron chi connectivity index (χ1n) is 6.45. The molecule has 1 aromatic carbocycles. The number of hydroxylamine groups is 2. The molecule has 0 heterocycles. The van der Waals surface area contributed by atoms with Crippen LogP contribution < -0.4 is 0 Å². The fourth-order valence-electron chi connectivity index (χ4n) is 1.82. The highest BCUT2D eigenvalue weighted by Gasteiger charge is 2.28. The van der Waals surface area contributed by atoms with Crippen molar-refractivity contribution >= 4 is 11.9 Å². The van der Waals surface area contributed by atoms with Crippen molar-refractivity contribution in [3.8, 4) is 0 Å². The maximum absolute atomic E-state index is 12.1. The zero-order valence-corrected chi connectivity index (χ0v) is 11.6. The molecule has 0 amide bonds. The molecule has 0 fully saturated rings. The Bertz CT molecular complexity index is 474. The van der Waals surface area contributed by atoms with Crippen LogP contribution in [0.5, 0.6) is 0 Å². The minimum absolute atomic E-state index is 0.164. The van der Waals surface area contributed by atoms with Crippen LogP contribution in [0.25, 0.3) is 0 Å². The van der Waals surface area contributed by atoms with E-state index in [0.717, 1.165) is 10.6 Å². The zero-order chi connectivity index (χ0) is 15.1. The molecular weight excluding hydrogens is 262 g/mol. The molecule has 0 saturated carbocycles. The van der Waals surface area contributed by atoms with Gasteiger partial charge in [-0.3, -0.25) is 4.79 Å². The highest BCUT2D eigenvalue weighted by Crippen LogP contribution is 2.13. The van der Waals surface area contributed by atoms with E-state index in [0.29, 0.717) is 12.0 Å². The van der Waals surface area contributed by atoms with E-state index >= 15 is 0 Å². The summed E-state index contributed by atoms with van der Waals surface area (Å²) < 4.78 is 0. The fraction of sp³-hybridized carbons (Fsp3) is 0.429. The number of rotatable bonds is 7. The largest absolute Gasteiger partial charge is 0.480 e. The van der Waals surface area contributed by atoms with Crippen LogP contribution in [0.1, 0.15) is 29.8 Å². The van der Waals surface area contributed by atoms with Crippen LogP contribution in [-0.4, -0.2) is 46.4 Å². The molecule has 0 spiro atoms. The molecule has 0 saturated heterocycles. The van der Waals surface area contributed by atoms with Gasteiger partial charge in [0.1, 0.15) is 0 Å². The second-order valence-electron chi connectivity index (χ2n) is 4.16. The Labute approximate surface area is 117 Å². The number of carbonyl (C=O) groups excluding carboxylic acids is 1. The van der Waals surface area contributed by atoms with E-state index < -0.39 is 24.6 Å². The van der Waals surface area contributed by atoms with Crippen molar-refractivity contribution in [3.05, 3.63) is 35.4 Å². The van der Waals surface area contributed by atoms with Crippen LogP contribution in [0.2, 0.25) is 0 Å². The molecule has 110 valence electrons.